The molecule has 1 saturated heterocycles. The van der Waals surface area contributed by atoms with E-state index in [1.807, 2.05) is 19.9 Å². The number of hydrogen-bond acceptors (Lipinski definition) is 6. The number of hydrogen-bond donors (Lipinski definition) is 1. The SMILES string of the molecule is CC(C)(O)CCc1ccc2c(c1)CCn1c-2cc(OCC2COCCO2)nc1=O. The maximum Gasteiger partial charge on any atom is 0.351 e. The molecule has 29 heavy (non-hydrogen) atoms. The highest BCUT2D eigenvalue weighted by Gasteiger charge is 2.21. The van der Waals surface area contributed by atoms with Gasteiger partial charge < -0.3 is 19.3 Å². The Morgan fingerprint density at radius 3 is 2.93 bits per heavy atom. The average Bonchev–Trinajstić information content (AvgIpc) is 2.70. The minimum absolute atomic E-state index is 0.144. The van der Waals surface area contributed by atoms with Crippen LogP contribution < -0.4 is 10.4 Å². The molecule has 0 radical (unpaired) electrons. The summed E-state index contributed by atoms with van der Waals surface area (Å²) in [6.07, 6.45) is 2.16. The maximum absolute atomic E-state index is 12.5. The van der Waals surface area contributed by atoms with Crippen molar-refractivity contribution in [3.63, 3.8) is 0 Å². The van der Waals surface area contributed by atoms with E-state index in [9.17, 15) is 9.90 Å². The van der Waals surface area contributed by atoms with Crippen LogP contribution in [-0.4, -0.2) is 52.8 Å². The van der Waals surface area contributed by atoms with Crippen molar-refractivity contribution in [3.8, 4) is 17.1 Å². The van der Waals surface area contributed by atoms with Crippen LogP contribution in [-0.2, 0) is 28.9 Å². The molecule has 0 saturated carbocycles. The Kier molecular flexibility index (Phi) is 5.72. The standard InChI is InChI=1S/C22H28N2O5/c1-22(2,26)7-5-15-3-4-18-16(11-15)6-8-24-19(18)12-20(23-21(24)25)29-14-17-13-27-9-10-28-17/h3-4,11-12,17,26H,5-10,13-14H2,1-2H3. The highest BCUT2D eigenvalue weighted by molar-refractivity contribution is 5.67. The molecule has 1 fully saturated rings. The van der Waals surface area contributed by atoms with E-state index in [0.29, 0.717) is 45.3 Å². The summed E-state index contributed by atoms with van der Waals surface area (Å²) in [5.74, 6) is 0.314. The van der Waals surface area contributed by atoms with Gasteiger partial charge in [-0.3, -0.25) is 4.57 Å². The zero-order valence-corrected chi connectivity index (χ0v) is 17.0. The Bertz CT molecular complexity index is 926. The van der Waals surface area contributed by atoms with Crippen LogP contribution in [0.2, 0.25) is 0 Å². The van der Waals surface area contributed by atoms with Crippen molar-refractivity contribution >= 4 is 0 Å². The number of benzene rings is 1. The van der Waals surface area contributed by atoms with Crippen molar-refractivity contribution in [1.82, 2.24) is 9.55 Å². The van der Waals surface area contributed by atoms with Gasteiger partial charge in [-0.1, -0.05) is 18.2 Å². The quantitative estimate of drug-likeness (QED) is 0.798. The predicted molar refractivity (Wildman–Crippen MR) is 108 cm³/mol. The molecule has 0 spiro atoms. The van der Waals surface area contributed by atoms with Crippen LogP contribution in [0.3, 0.4) is 0 Å². The van der Waals surface area contributed by atoms with Crippen LogP contribution in [0.25, 0.3) is 11.3 Å². The highest BCUT2D eigenvalue weighted by atomic mass is 16.6. The van der Waals surface area contributed by atoms with Crippen molar-refractivity contribution in [3.05, 3.63) is 45.9 Å². The lowest BCUT2D eigenvalue weighted by atomic mass is 9.92. The smallest absolute Gasteiger partial charge is 0.351 e. The molecule has 1 aromatic heterocycles. The van der Waals surface area contributed by atoms with Gasteiger partial charge in [-0.25, -0.2) is 4.79 Å². The van der Waals surface area contributed by atoms with Gasteiger partial charge in [-0.05, 0) is 44.2 Å². The lowest BCUT2D eigenvalue weighted by molar-refractivity contribution is -0.102. The van der Waals surface area contributed by atoms with Gasteiger partial charge in [0.15, 0.2) is 0 Å². The normalized spacial score (nSPS) is 18.8. The first-order valence-electron chi connectivity index (χ1n) is 10.2. The largest absolute Gasteiger partial charge is 0.475 e. The molecule has 4 rings (SSSR count). The van der Waals surface area contributed by atoms with Gasteiger partial charge in [0.25, 0.3) is 0 Å². The third-order valence-corrected chi connectivity index (χ3v) is 5.37. The number of nitrogens with zero attached hydrogens (tertiary/aromatic N) is 2. The molecular formula is C22H28N2O5. The molecule has 1 unspecified atom stereocenters. The van der Waals surface area contributed by atoms with Gasteiger partial charge in [-0.15, -0.1) is 0 Å². The lowest BCUT2D eigenvalue weighted by Crippen LogP contribution is -2.34. The monoisotopic (exact) mass is 400 g/mol. The molecular weight excluding hydrogens is 372 g/mol. The Labute approximate surface area is 170 Å². The van der Waals surface area contributed by atoms with Crippen LogP contribution in [0.5, 0.6) is 5.88 Å². The van der Waals surface area contributed by atoms with Crippen LogP contribution >= 0.6 is 0 Å². The fourth-order valence-electron chi connectivity index (χ4n) is 3.75. The number of aromatic nitrogens is 2. The number of aryl methyl sites for hydroxylation is 2. The van der Waals surface area contributed by atoms with Gasteiger partial charge >= 0.3 is 5.69 Å². The van der Waals surface area contributed by atoms with Crippen molar-refractivity contribution in [2.75, 3.05) is 26.4 Å². The topological polar surface area (TPSA) is 82.8 Å². The summed E-state index contributed by atoms with van der Waals surface area (Å²) in [4.78, 5) is 16.6. The van der Waals surface area contributed by atoms with E-state index < -0.39 is 5.60 Å². The molecule has 2 aliphatic heterocycles. The van der Waals surface area contributed by atoms with E-state index in [1.54, 1.807) is 4.57 Å². The summed E-state index contributed by atoms with van der Waals surface area (Å²) >= 11 is 0. The van der Waals surface area contributed by atoms with E-state index in [4.69, 9.17) is 14.2 Å². The second-order valence-electron chi connectivity index (χ2n) is 8.35. The Hall–Kier alpha value is -2.22. The Balaban J connectivity index is 1.55. The van der Waals surface area contributed by atoms with Crippen molar-refractivity contribution in [2.45, 2.75) is 51.4 Å². The number of aliphatic hydroxyl groups is 1. The zero-order valence-electron chi connectivity index (χ0n) is 17.0. The summed E-state index contributed by atoms with van der Waals surface area (Å²) in [5, 5.41) is 9.98. The summed E-state index contributed by atoms with van der Waals surface area (Å²) < 4.78 is 18.4. The molecule has 7 nitrogen and oxygen atoms in total. The third kappa shape index (κ3) is 4.86. The first-order valence-corrected chi connectivity index (χ1v) is 10.2. The molecule has 1 atom stereocenters. The van der Waals surface area contributed by atoms with Crippen molar-refractivity contribution in [1.29, 1.82) is 0 Å². The zero-order chi connectivity index (χ0) is 20.4. The maximum atomic E-state index is 12.5. The van der Waals surface area contributed by atoms with Crippen LogP contribution in [0.15, 0.2) is 29.1 Å². The molecule has 0 bridgehead atoms. The molecule has 2 aliphatic rings. The summed E-state index contributed by atoms with van der Waals surface area (Å²) in [6, 6.07) is 8.14. The number of rotatable bonds is 6. The third-order valence-electron chi connectivity index (χ3n) is 5.37. The van der Waals surface area contributed by atoms with Gasteiger partial charge in [0.2, 0.25) is 5.88 Å². The van der Waals surface area contributed by atoms with Crippen LogP contribution in [0.1, 0.15) is 31.4 Å². The average molecular weight is 400 g/mol. The lowest BCUT2D eigenvalue weighted by Gasteiger charge is -2.24. The number of ether oxygens (including phenoxy) is 3. The van der Waals surface area contributed by atoms with Gasteiger partial charge in [0, 0.05) is 18.2 Å². The van der Waals surface area contributed by atoms with E-state index in [0.717, 1.165) is 24.1 Å². The predicted octanol–water partition coefficient (Wildman–Crippen LogP) is 1.96. The van der Waals surface area contributed by atoms with Crippen molar-refractivity contribution < 1.29 is 19.3 Å². The van der Waals surface area contributed by atoms with E-state index in [1.165, 1.54) is 11.1 Å². The fraction of sp³-hybridized carbons (Fsp3) is 0.545. The Morgan fingerprint density at radius 2 is 2.17 bits per heavy atom. The first kappa shape index (κ1) is 20.1. The van der Waals surface area contributed by atoms with Gasteiger partial charge in [-0.2, -0.15) is 4.98 Å². The Morgan fingerprint density at radius 1 is 1.31 bits per heavy atom. The molecule has 2 aromatic rings. The number of fused-ring (bicyclic) bond motifs is 3. The van der Waals surface area contributed by atoms with Crippen molar-refractivity contribution in [2.24, 2.45) is 0 Å². The first-order chi connectivity index (χ1) is 13.9. The highest BCUT2D eigenvalue weighted by Crippen LogP contribution is 2.31. The van der Waals surface area contributed by atoms with Crippen LogP contribution in [0.4, 0.5) is 0 Å². The van der Waals surface area contributed by atoms with E-state index in [2.05, 4.69) is 23.2 Å². The summed E-state index contributed by atoms with van der Waals surface area (Å²) in [6.45, 7) is 6.20. The molecule has 7 heteroatoms. The van der Waals surface area contributed by atoms with Gasteiger partial charge in [0.1, 0.15) is 12.7 Å². The second kappa shape index (κ2) is 8.26. The molecule has 1 N–H and O–H groups in total. The molecule has 156 valence electrons. The summed E-state index contributed by atoms with van der Waals surface area (Å²) in [5.41, 5.74) is 3.29. The molecule has 0 aliphatic carbocycles. The van der Waals surface area contributed by atoms with Gasteiger partial charge in [0.05, 0.1) is 31.1 Å². The molecule has 0 amide bonds. The minimum Gasteiger partial charge on any atom is -0.475 e. The van der Waals surface area contributed by atoms with E-state index in [-0.39, 0.29) is 11.8 Å². The fourth-order valence-corrected chi connectivity index (χ4v) is 3.75. The second-order valence-corrected chi connectivity index (χ2v) is 8.35. The molecule has 1 aromatic carbocycles. The summed E-state index contributed by atoms with van der Waals surface area (Å²) in [7, 11) is 0. The van der Waals surface area contributed by atoms with E-state index >= 15 is 0 Å². The minimum atomic E-state index is -0.680. The van der Waals surface area contributed by atoms with Crippen LogP contribution in [0, 0.1) is 0 Å². The molecule has 3 heterocycles.